The Labute approximate surface area is 176 Å². The third-order valence-electron chi connectivity index (χ3n) is 4.37. The molecular formula is C22H21ClN2O3S. The van der Waals surface area contributed by atoms with Gasteiger partial charge in [0, 0.05) is 24.3 Å². The quantitative estimate of drug-likeness (QED) is 0.608. The Morgan fingerprint density at radius 2 is 1.52 bits per heavy atom. The summed E-state index contributed by atoms with van der Waals surface area (Å²) in [6.45, 7) is 0.281. The SMILES string of the molecule is CN(Cc1ccccc1)S(=O)(=O)c1ccc(NC(=O)Cc2ccc(Cl)cc2)cc1. The fraction of sp³-hybridized carbons (Fsp3) is 0.136. The molecule has 0 spiro atoms. The molecule has 0 fully saturated rings. The first kappa shape index (κ1) is 21.0. The lowest BCUT2D eigenvalue weighted by Crippen LogP contribution is -2.26. The summed E-state index contributed by atoms with van der Waals surface area (Å²) in [5, 5.41) is 3.39. The Hall–Kier alpha value is -2.67. The van der Waals surface area contributed by atoms with Crippen molar-refractivity contribution >= 4 is 33.2 Å². The first-order valence-electron chi connectivity index (χ1n) is 8.99. The van der Waals surface area contributed by atoms with Gasteiger partial charge in [-0.3, -0.25) is 4.79 Å². The van der Waals surface area contributed by atoms with E-state index in [1.165, 1.54) is 16.4 Å². The molecule has 3 aromatic carbocycles. The van der Waals surface area contributed by atoms with Crippen LogP contribution in [0.4, 0.5) is 5.69 Å². The number of hydrogen-bond donors (Lipinski definition) is 1. The minimum Gasteiger partial charge on any atom is -0.326 e. The molecule has 150 valence electrons. The lowest BCUT2D eigenvalue weighted by Gasteiger charge is -2.17. The van der Waals surface area contributed by atoms with Gasteiger partial charge < -0.3 is 5.32 Å². The zero-order chi connectivity index (χ0) is 20.9. The minimum absolute atomic E-state index is 0.173. The molecule has 0 radical (unpaired) electrons. The molecule has 7 heteroatoms. The Balaban J connectivity index is 1.64. The van der Waals surface area contributed by atoms with E-state index in [0.29, 0.717) is 10.7 Å². The van der Waals surface area contributed by atoms with E-state index in [2.05, 4.69) is 5.32 Å². The number of amides is 1. The van der Waals surface area contributed by atoms with E-state index in [4.69, 9.17) is 11.6 Å². The second-order valence-corrected chi connectivity index (χ2v) is 9.10. The van der Waals surface area contributed by atoms with Crippen molar-refractivity contribution in [3.8, 4) is 0 Å². The summed E-state index contributed by atoms with van der Waals surface area (Å²) in [4.78, 5) is 12.4. The highest BCUT2D eigenvalue weighted by Gasteiger charge is 2.20. The summed E-state index contributed by atoms with van der Waals surface area (Å²) in [6, 6.07) is 22.6. The van der Waals surface area contributed by atoms with Crippen molar-refractivity contribution in [3.63, 3.8) is 0 Å². The number of hydrogen-bond acceptors (Lipinski definition) is 3. The van der Waals surface area contributed by atoms with Gasteiger partial charge in [0.2, 0.25) is 15.9 Å². The number of anilines is 1. The van der Waals surface area contributed by atoms with Crippen molar-refractivity contribution in [2.75, 3.05) is 12.4 Å². The topological polar surface area (TPSA) is 66.5 Å². The summed E-state index contributed by atoms with van der Waals surface area (Å²) < 4.78 is 26.8. The molecule has 0 saturated heterocycles. The van der Waals surface area contributed by atoms with E-state index >= 15 is 0 Å². The lowest BCUT2D eigenvalue weighted by molar-refractivity contribution is -0.115. The highest BCUT2D eigenvalue weighted by atomic mass is 35.5. The van der Waals surface area contributed by atoms with Crippen LogP contribution in [0.25, 0.3) is 0 Å². The van der Waals surface area contributed by atoms with Crippen LogP contribution in [0.1, 0.15) is 11.1 Å². The van der Waals surface area contributed by atoms with Gasteiger partial charge in [-0.15, -0.1) is 0 Å². The smallest absolute Gasteiger partial charge is 0.243 e. The molecule has 0 aromatic heterocycles. The molecule has 0 aliphatic carbocycles. The van der Waals surface area contributed by atoms with Crippen LogP contribution in [0, 0.1) is 0 Å². The monoisotopic (exact) mass is 428 g/mol. The van der Waals surface area contributed by atoms with Crippen LogP contribution in [0.2, 0.25) is 5.02 Å². The summed E-state index contributed by atoms with van der Waals surface area (Å²) >= 11 is 5.84. The van der Waals surface area contributed by atoms with Crippen LogP contribution in [0.5, 0.6) is 0 Å². The molecule has 29 heavy (non-hydrogen) atoms. The van der Waals surface area contributed by atoms with Gasteiger partial charge in [-0.1, -0.05) is 54.1 Å². The Morgan fingerprint density at radius 3 is 2.14 bits per heavy atom. The molecule has 3 aromatic rings. The summed E-state index contributed by atoms with van der Waals surface area (Å²) in [6.07, 6.45) is 0.205. The Kier molecular flexibility index (Phi) is 6.69. The van der Waals surface area contributed by atoms with Crippen molar-refractivity contribution in [2.45, 2.75) is 17.9 Å². The Bertz CT molecular complexity index is 1070. The van der Waals surface area contributed by atoms with Gasteiger partial charge in [-0.2, -0.15) is 4.31 Å². The minimum atomic E-state index is -3.63. The van der Waals surface area contributed by atoms with E-state index in [1.807, 2.05) is 30.3 Å². The van der Waals surface area contributed by atoms with Crippen LogP contribution in [-0.2, 0) is 27.8 Å². The normalized spacial score (nSPS) is 11.4. The zero-order valence-electron chi connectivity index (χ0n) is 15.9. The maximum absolute atomic E-state index is 12.8. The molecule has 5 nitrogen and oxygen atoms in total. The molecule has 0 atom stereocenters. The van der Waals surface area contributed by atoms with Crippen molar-refractivity contribution in [1.29, 1.82) is 0 Å². The number of benzene rings is 3. The second-order valence-electron chi connectivity index (χ2n) is 6.62. The first-order valence-corrected chi connectivity index (χ1v) is 10.8. The van der Waals surface area contributed by atoms with Crippen LogP contribution in [0.3, 0.4) is 0 Å². The van der Waals surface area contributed by atoms with E-state index in [0.717, 1.165) is 11.1 Å². The maximum atomic E-state index is 12.8. The predicted octanol–water partition coefficient (Wildman–Crippen LogP) is 4.34. The molecular weight excluding hydrogens is 408 g/mol. The van der Waals surface area contributed by atoms with Gasteiger partial charge in [-0.25, -0.2) is 8.42 Å². The molecule has 0 saturated carbocycles. The predicted molar refractivity (Wildman–Crippen MR) is 115 cm³/mol. The van der Waals surface area contributed by atoms with Crippen molar-refractivity contribution in [3.05, 3.63) is 95.0 Å². The second kappa shape index (κ2) is 9.22. The first-order chi connectivity index (χ1) is 13.8. The van der Waals surface area contributed by atoms with Crippen molar-refractivity contribution in [1.82, 2.24) is 4.31 Å². The lowest BCUT2D eigenvalue weighted by atomic mass is 10.1. The van der Waals surface area contributed by atoms with E-state index < -0.39 is 10.0 Å². The van der Waals surface area contributed by atoms with Crippen LogP contribution < -0.4 is 5.32 Å². The Morgan fingerprint density at radius 1 is 0.897 bits per heavy atom. The van der Waals surface area contributed by atoms with E-state index in [9.17, 15) is 13.2 Å². The number of carbonyl (C=O) groups excluding carboxylic acids is 1. The van der Waals surface area contributed by atoms with E-state index in [-0.39, 0.29) is 23.8 Å². The van der Waals surface area contributed by atoms with Gasteiger partial charge in [0.1, 0.15) is 0 Å². The van der Waals surface area contributed by atoms with E-state index in [1.54, 1.807) is 43.4 Å². The van der Waals surface area contributed by atoms with Gasteiger partial charge in [-0.05, 0) is 47.5 Å². The van der Waals surface area contributed by atoms with Gasteiger partial charge in [0.05, 0.1) is 11.3 Å². The average Bonchev–Trinajstić information content (AvgIpc) is 2.71. The average molecular weight is 429 g/mol. The molecule has 1 amide bonds. The number of carbonyl (C=O) groups is 1. The summed E-state index contributed by atoms with van der Waals surface area (Å²) in [5.41, 5.74) is 2.28. The molecule has 1 N–H and O–H groups in total. The summed E-state index contributed by atoms with van der Waals surface area (Å²) in [5.74, 6) is -0.191. The number of halogens is 1. The molecule has 0 aliphatic heterocycles. The maximum Gasteiger partial charge on any atom is 0.243 e. The molecule has 0 aliphatic rings. The highest BCUT2D eigenvalue weighted by molar-refractivity contribution is 7.89. The van der Waals surface area contributed by atoms with Crippen molar-refractivity contribution < 1.29 is 13.2 Å². The highest BCUT2D eigenvalue weighted by Crippen LogP contribution is 2.19. The van der Waals surface area contributed by atoms with Crippen LogP contribution in [-0.4, -0.2) is 25.7 Å². The third kappa shape index (κ3) is 5.67. The third-order valence-corrected chi connectivity index (χ3v) is 6.44. The molecule has 0 bridgehead atoms. The largest absolute Gasteiger partial charge is 0.326 e. The molecule has 3 rings (SSSR count). The number of sulfonamides is 1. The van der Waals surface area contributed by atoms with Crippen LogP contribution in [0.15, 0.2) is 83.8 Å². The summed E-state index contributed by atoms with van der Waals surface area (Å²) in [7, 11) is -2.08. The fourth-order valence-corrected chi connectivity index (χ4v) is 4.09. The van der Waals surface area contributed by atoms with Crippen LogP contribution >= 0.6 is 11.6 Å². The van der Waals surface area contributed by atoms with Gasteiger partial charge in [0.25, 0.3) is 0 Å². The molecule has 0 heterocycles. The number of nitrogens with zero attached hydrogens (tertiary/aromatic N) is 1. The van der Waals surface area contributed by atoms with Crippen molar-refractivity contribution in [2.24, 2.45) is 0 Å². The number of nitrogens with one attached hydrogen (secondary N) is 1. The van der Waals surface area contributed by atoms with Gasteiger partial charge >= 0.3 is 0 Å². The standard InChI is InChI=1S/C22H21ClN2O3S/c1-25(16-18-5-3-2-4-6-18)29(27,28)21-13-11-20(12-14-21)24-22(26)15-17-7-9-19(23)10-8-17/h2-14H,15-16H2,1H3,(H,24,26). The fourth-order valence-electron chi connectivity index (χ4n) is 2.81. The van der Waals surface area contributed by atoms with Gasteiger partial charge in [0.15, 0.2) is 0 Å². The zero-order valence-corrected chi connectivity index (χ0v) is 17.5. The molecule has 0 unspecified atom stereocenters. The number of rotatable bonds is 7.